The number of halogens is 1. The van der Waals surface area contributed by atoms with Crippen molar-refractivity contribution < 1.29 is 14.8 Å². The van der Waals surface area contributed by atoms with Crippen molar-refractivity contribution in [1.29, 1.82) is 0 Å². The Labute approximate surface area is 127 Å². The van der Waals surface area contributed by atoms with Crippen molar-refractivity contribution >= 4 is 11.6 Å². The molecule has 20 heavy (non-hydrogen) atoms. The van der Waals surface area contributed by atoms with Gasteiger partial charge in [0.2, 0.25) is 0 Å². The standard InChI is InChI=1S/C16H26ClNO2/c1-5-13-12-14(6-7-15(13)17)20-11-10-19-9-8-18-16(2,3)4/h6-7,12,18H,5,8-11H2,1-4H3/p+1. The first-order chi connectivity index (χ1) is 9.42. The molecule has 0 aliphatic carbocycles. The average molecular weight is 301 g/mol. The lowest BCUT2D eigenvalue weighted by Gasteiger charge is -2.16. The van der Waals surface area contributed by atoms with Gasteiger partial charge in [-0.05, 0) is 51.0 Å². The Kier molecular flexibility index (Phi) is 7.35. The van der Waals surface area contributed by atoms with Gasteiger partial charge in [-0.15, -0.1) is 0 Å². The van der Waals surface area contributed by atoms with Crippen molar-refractivity contribution in [3.8, 4) is 5.75 Å². The third kappa shape index (κ3) is 7.13. The lowest BCUT2D eigenvalue weighted by atomic mass is 10.1. The molecule has 114 valence electrons. The molecule has 0 bridgehead atoms. The van der Waals surface area contributed by atoms with Crippen LogP contribution in [0.15, 0.2) is 18.2 Å². The molecule has 0 aliphatic rings. The zero-order valence-corrected chi connectivity index (χ0v) is 13.8. The highest BCUT2D eigenvalue weighted by Gasteiger charge is 2.11. The van der Waals surface area contributed by atoms with Gasteiger partial charge in [0, 0.05) is 5.02 Å². The molecule has 0 radical (unpaired) electrons. The van der Waals surface area contributed by atoms with Gasteiger partial charge in [-0.2, -0.15) is 0 Å². The number of aryl methyl sites for hydroxylation is 1. The molecule has 1 rings (SSSR count). The number of nitrogens with two attached hydrogens (primary N) is 1. The summed E-state index contributed by atoms with van der Waals surface area (Å²) >= 11 is 6.07. The predicted octanol–water partition coefficient (Wildman–Crippen LogP) is 2.66. The molecule has 0 saturated carbocycles. The summed E-state index contributed by atoms with van der Waals surface area (Å²) in [6.45, 7) is 11.6. The van der Waals surface area contributed by atoms with Crippen LogP contribution in [0.5, 0.6) is 5.75 Å². The number of hydrogen-bond donors (Lipinski definition) is 1. The average Bonchev–Trinajstić information content (AvgIpc) is 2.38. The van der Waals surface area contributed by atoms with Crippen molar-refractivity contribution in [2.24, 2.45) is 0 Å². The molecule has 1 aromatic rings. The smallest absolute Gasteiger partial charge is 0.119 e. The molecular weight excluding hydrogens is 274 g/mol. The zero-order chi connectivity index (χ0) is 15.0. The topological polar surface area (TPSA) is 35.1 Å². The molecule has 0 unspecified atom stereocenters. The van der Waals surface area contributed by atoms with Gasteiger partial charge in [-0.1, -0.05) is 18.5 Å². The number of benzene rings is 1. The fourth-order valence-corrected chi connectivity index (χ4v) is 2.06. The third-order valence-corrected chi connectivity index (χ3v) is 3.28. The summed E-state index contributed by atoms with van der Waals surface area (Å²) in [6.07, 6.45) is 0.912. The first-order valence-corrected chi connectivity index (χ1v) is 7.63. The van der Waals surface area contributed by atoms with Crippen molar-refractivity contribution in [1.82, 2.24) is 0 Å². The summed E-state index contributed by atoms with van der Waals surface area (Å²) in [5.74, 6) is 0.858. The molecular formula is C16H27ClNO2+. The minimum absolute atomic E-state index is 0.264. The van der Waals surface area contributed by atoms with Crippen LogP contribution in [0.2, 0.25) is 5.02 Å². The number of quaternary nitrogens is 1. The molecule has 0 saturated heterocycles. The number of ether oxygens (including phenoxy) is 2. The predicted molar refractivity (Wildman–Crippen MR) is 83.7 cm³/mol. The van der Waals surface area contributed by atoms with Gasteiger partial charge in [0.05, 0.1) is 25.3 Å². The maximum atomic E-state index is 6.07. The number of rotatable bonds is 8. The third-order valence-electron chi connectivity index (χ3n) is 2.91. The van der Waals surface area contributed by atoms with E-state index in [0.717, 1.165) is 35.9 Å². The Morgan fingerprint density at radius 1 is 1.15 bits per heavy atom. The highest BCUT2D eigenvalue weighted by atomic mass is 35.5. The molecule has 0 atom stereocenters. The largest absolute Gasteiger partial charge is 0.491 e. The summed E-state index contributed by atoms with van der Waals surface area (Å²) in [5.41, 5.74) is 1.38. The van der Waals surface area contributed by atoms with Gasteiger partial charge in [-0.3, -0.25) is 0 Å². The van der Waals surface area contributed by atoms with Crippen LogP contribution in [0, 0.1) is 0 Å². The second-order valence-corrected chi connectivity index (χ2v) is 6.33. The Morgan fingerprint density at radius 2 is 1.90 bits per heavy atom. The normalized spacial score (nSPS) is 11.7. The van der Waals surface area contributed by atoms with E-state index >= 15 is 0 Å². The van der Waals surface area contributed by atoms with Crippen LogP contribution < -0.4 is 10.1 Å². The van der Waals surface area contributed by atoms with Crippen LogP contribution >= 0.6 is 11.6 Å². The molecule has 0 amide bonds. The van der Waals surface area contributed by atoms with Crippen LogP contribution in [0.4, 0.5) is 0 Å². The summed E-state index contributed by atoms with van der Waals surface area (Å²) in [7, 11) is 0. The molecule has 0 aliphatic heterocycles. The summed E-state index contributed by atoms with van der Waals surface area (Å²) in [5, 5.41) is 3.08. The van der Waals surface area contributed by atoms with E-state index in [1.807, 2.05) is 18.2 Å². The van der Waals surface area contributed by atoms with E-state index in [-0.39, 0.29) is 5.54 Å². The lowest BCUT2D eigenvalue weighted by molar-refractivity contribution is -0.718. The van der Waals surface area contributed by atoms with Gasteiger partial charge in [0.1, 0.15) is 12.4 Å². The monoisotopic (exact) mass is 300 g/mol. The van der Waals surface area contributed by atoms with Crippen molar-refractivity contribution in [2.75, 3.05) is 26.4 Å². The Morgan fingerprint density at radius 3 is 2.55 bits per heavy atom. The lowest BCUT2D eigenvalue weighted by Crippen LogP contribution is -2.95. The molecule has 0 fully saturated rings. The van der Waals surface area contributed by atoms with Crippen molar-refractivity contribution in [3.05, 3.63) is 28.8 Å². The fourth-order valence-electron chi connectivity index (χ4n) is 1.81. The number of hydrogen-bond acceptors (Lipinski definition) is 2. The highest BCUT2D eigenvalue weighted by molar-refractivity contribution is 6.31. The van der Waals surface area contributed by atoms with E-state index in [0.29, 0.717) is 13.2 Å². The van der Waals surface area contributed by atoms with Gasteiger partial charge >= 0.3 is 0 Å². The quantitative estimate of drug-likeness (QED) is 0.749. The minimum atomic E-state index is 0.264. The Hall–Kier alpha value is -0.770. The van der Waals surface area contributed by atoms with Crippen LogP contribution in [-0.2, 0) is 11.2 Å². The molecule has 2 N–H and O–H groups in total. The van der Waals surface area contributed by atoms with Gasteiger partial charge < -0.3 is 14.8 Å². The summed E-state index contributed by atoms with van der Waals surface area (Å²) < 4.78 is 11.2. The second kappa shape index (κ2) is 8.50. The van der Waals surface area contributed by atoms with E-state index in [1.165, 1.54) is 0 Å². The van der Waals surface area contributed by atoms with Crippen LogP contribution in [-0.4, -0.2) is 31.9 Å². The van der Waals surface area contributed by atoms with Crippen molar-refractivity contribution in [2.45, 2.75) is 39.7 Å². The zero-order valence-electron chi connectivity index (χ0n) is 13.0. The van der Waals surface area contributed by atoms with Crippen molar-refractivity contribution in [3.63, 3.8) is 0 Å². The maximum absolute atomic E-state index is 6.07. The van der Waals surface area contributed by atoms with Crippen LogP contribution in [0.1, 0.15) is 33.3 Å². The SMILES string of the molecule is CCc1cc(OCCOCC[NH2+]C(C)(C)C)ccc1Cl. The van der Waals surface area contributed by atoms with Gasteiger partial charge in [0.15, 0.2) is 0 Å². The summed E-state index contributed by atoms with van der Waals surface area (Å²) in [6, 6.07) is 5.78. The summed E-state index contributed by atoms with van der Waals surface area (Å²) in [4.78, 5) is 0. The van der Waals surface area contributed by atoms with Crippen LogP contribution in [0.25, 0.3) is 0 Å². The molecule has 0 aromatic heterocycles. The first kappa shape index (κ1) is 17.3. The van der Waals surface area contributed by atoms with Gasteiger partial charge in [0.25, 0.3) is 0 Å². The van der Waals surface area contributed by atoms with Gasteiger partial charge in [-0.25, -0.2) is 0 Å². The second-order valence-electron chi connectivity index (χ2n) is 5.93. The molecule has 3 nitrogen and oxygen atoms in total. The molecule has 0 spiro atoms. The van der Waals surface area contributed by atoms with E-state index in [4.69, 9.17) is 21.1 Å². The first-order valence-electron chi connectivity index (χ1n) is 7.25. The Balaban J connectivity index is 2.15. The van der Waals surface area contributed by atoms with E-state index in [1.54, 1.807) is 0 Å². The highest BCUT2D eigenvalue weighted by Crippen LogP contribution is 2.22. The molecule has 4 heteroatoms. The van der Waals surface area contributed by atoms with E-state index < -0.39 is 0 Å². The van der Waals surface area contributed by atoms with E-state index in [9.17, 15) is 0 Å². The minimum Gasteiger partial charge on any atom is -0.491 e. The molecule has 0 heterocycles. The molecule has 1 aromatic carbocycles. The maximum Gasteiger partial charge on any atom is 0.119 e. The Bertz CT molecular complexity index is 402. The van der Waals surface area contributed by atoms with E-state index in [2.05, 4.69) is 33.0 Å². The van der Waals surface area contributed by atoms with Crippen LogP contribution in [0.3, 0.4) is 0 Å². The fraction of sp³-hybridized carbons (Fsp3) is 0.625.